The number of fused-ring (bicyclic) bond motifs is 1. The maximum atomic E-state index is 10.5. The summed E-state index contributed by atoms with van der Waals surface area (Å²) < 4.78 is 1.21. The van der Waals surface area contributed by atoms with E-state index in [1.54, 1.807) is 18.4 Å². The van der Waals surface area contributed by atoms with Crippen LogP contribution in [0.4, 0.5) is 0 Å². The Bertz CT molecular complexity index is 712. The molecule has 0 radical (unpaired) electrons. The molecule has 0 aliphatic carbocycles. The van der Waals surface area contributed by atoms with Gasteiger partial charge in [-0.1, -0.05) is 24.6 Å². The number of piperidine rings is 1. The summed E-state index contributed by atoms with van der Waals surface area (Å²) in [6, 6.07) is 11.0. The van der Waals surface area contributed by atoms with E-state index in [4.69, 9.17) is 0 Å². The Hall–Kier alpha value is -1.63. The van der Waals surface area contributed by atoms with E-state index in [0.29, 0.717) is 12.6 Å². The molecule has 3 rings (SSSR count). The maximum Gasteiger partial charge on any atom is 0.191 e. The number of nitrogens with one attached hydrogen (secondary N) is 2. The average molecular weight is 389 g/mol. The average Bonchev–Trinajstić information content (AvgIpc) is 3.13. The van der Waals surface area contributed by atoms with Crippen LogP contribution in [0.25, 0.3) is 10.1 Å². The first-order chi connectivity index (χ1) is 13.2. The first kappa shape index (κ1) is 20.1. The zero-order chi connectivity index (χ0) is 19.1. The third kappa shape index (κ3) is 5.67. The smallest absolute Gasteiger partial charge is 0.191 e. The van der Waals surface area contributed by atoms with E-state index in [1.165, 1.54) is 35.9 Å². The van der Waals surface area contributed by atoms with Crippen molar-refractivity contribution >= 4 is 27.4 Å². The number of guanidine groups is 1. The molecular formula is C21H32N4OS. The Morgan fingerprint density at radius 2 is 2.19 bits per heavy atom. The molecule has 1 aromatic heterocycles. The fourth-order valence-electron chi connectivity index (χ4n) is 3.66. The lowest BCUT2D eigenvalue weighted by Gasteiger charge is -2.33. The molecule has 3 N–H and O–H groups in total. The van der Waals surface area contributed by atoms with Gasteiger partial charge in [0.1, 0.15) is 6.10 Å². The number of aliphatic imine (C=N–C) groups is 1. The van der Waals surface area contributed by atoms with Gasteiger partial charge in [-0.2, -0.15) is 0 Å². The van der Waals surface area contributed by atoms with Crippen LogP contribution in [0, 0.1) is 0 Å². The first-order valence-corrected chi connectivity index (χ1v) is 10.8. The molecule has 2 unspecified atom stereocenters. The summed E-state index contributed by atoms with van der Waals surface area (Å²) >= 11 is 1.65. The summed E-state index contributed by atoms with van der Waals surface area (Å²) in [5, 5.41) is 18.3. The van der Waals surface area contributed by atoms with Gasteiger partial charge in [-0.25, -0.2) is 0 Å². The number of nitrogens with zero attached hydrogens (tertiary/aromatic N) is 2. The monoisotopic (exact) mass is 388 g/mol. The van der Waals surface area contributed by atoms with Gasteiger partial charge in [0.05, 0.1) is 0 Å². The normalized spacial score (nSPS) is 20.0. The van der Waals surface area contributed by atoms with Crippen molar-refractivity contribution in [2.24, 2.45) is 4.99 Å². The Balaban J connectivity index is 1.39. The summed E-state index contributed by atoms with van der Waals surface area (Å²) in [5.41, 5.74) is 0. The van der Waals surface area contributed by atoms with Crippen molar-refractivity contribution in [1.29, 1.82) is 0 Å². The molecule has 1 aliphatic rings. The van der Waals surface area contributed by atoms with Crippen LogP contribution in [0.15, 0.2) is 35.3 Å². The molecule has 1 aliphatic heterocycles. The summed E-state index contributed by atoms with van der Waals surface area (Å²) in [7, 11) is 1.77. The fraction of sp³-hybridized carbons (Fsp3) is 0.571. The third-order valence-corrected chi connectivity index (χ3v) is 6.53. The van der Waals surface area contributed by atoms with E-state index in [0.717, 1.165) is 30.3 Å². The predicted molar refractivity (Wildman–Crippen MR) is 116 cm³/mol. The summed E-state index contributed by atoms with van der Waals surface area (Å²) in [6.07, 6.45) is 4.59. The molecule has 1 fully saturated rings. The van der Waals surface area contributed by atoms with Crippen molar-refractivity contribution in [2.75, 3.05) is 33.2 Å². The second-order valence-corrected chi connectivity index (χ2v) is 8.43. The number of benzene rings is 1. The van der Waals surface area contributed by atoms with E-state index in [2.05, 4.69) is 45.6 Å². The van der Waals surface area contributed by atoms with E-state index in [1.807, 2.05) is 12.1 Å². The topological polar surface area (TPSA) is 59.9 Å². The molecule has 0 saturated carbocycles. The standard InChI is InChI=1S/C21H32N4OS/c1-16-8-5-6-12-25(16)13-7-11-23-21(22-2)24-15-18(26)20-14-17-9-3-4-10-19(17)27-20/h3-4,9-10,14,16,18,26H,5-8,11-13,15H2,1-2H3,(H2,22,23,24). The molecule has 148 valence electrons. The molecule has 2 atom stereocenters. The highest BCUT2D eigenvalue weighted by atomic mass is 32.1. The molecule has 1 saturated heterocycles. The lowest BCUT2D eigenvalue weighted by Crippen LogP contribution is -2.42. The minimum absolute atomic E-state index is 0.454. The quantitative estimate of drug-likeness (QED) is 0.387. The highest BCUT2D eigenvalue weighted by Crippen LogP contribution is 2.29. The predicted octanol–water partition coefficient (Wildman–Crippen LogP) is 3.36. The van der Waals surface area contributed by atoms with Crippen LogP contribution in [0.1, 0.15) is 43.6 Å². The Labute approximate surface area is 166 Å². The zero-order valence-electron chi connectivity index (χ0n) is 16.4. The second kappa shape index (κ2) is 10.1. The van der Waals surface area contributed by atoms with Crippen molar-refractivity contribution in [1.82, 2.24) is 15.5 Å². The van der Waals surface area contributed by atoms with Crippen LogP contribution in [0.5, 0.6) is 0 Å². The van der Waals surface area contributed by atoms with Crippen LogP contribution in [0.3, 0.4) is 0 Å². The van der Waals surface area contributed by atoms with Crippen molar-refractivity contribution in [3.05, 3.63) is 35.2 Å². The van der Waals surface area contributed by atoms with Crippen molar-refractivity contribution in [2.45, 2.75) is 44.8 Å². The third-order valence-electron chi connectivity index (χ3n) is 5.31. The van der Waals surface area contributed by atoms with Crippen LogP contribution >= 0.6 is 11.3 Å². The fourth-order valence-corrected chi connectivity index (χ4v) is 4.71. The molecule has 27 heavy (non-hydrogen) atoms. The molecule has 0 spiro atoms. The molecular weight excluding hydrogens is 356 g/mol. The van der Waals surface area contributed by atoms with Gasteiger partial charge in [0.15, 0.2) is 5.96 Å². The number of thiophene rings is 1. The van der Waals surface area contributed by atoms with E-state index in [9.17, 15) is 5.11 Å². The van der Waals surface area contributed by atoms with Crippen molar-refractivity contribution in [3.63, 3.8) is 0 Å². The van der Waals surface area contributed by atoms with Crippen LogP contribution in [-0.2, 0) is 0 Å². The zero-order valence-corrected chi connectivity index (χ0v) is 17.3. The number of hydrogen-bond acceptors (Lipinski definition) is 4. The Morgan fingerprint density at radius 1 is 1.33 bits per heavy atom. The number of aliphatic hydroxyl groups excluding tert-OH is 1. The Morgan fingerprint density at radius 3 is 2.96 bits per heavy atom. The van der Waals surface area contributed by atoms with E-state index >= 15 is 0 Å². The lowest BCUT2D eigenvalue weighted by molar-refractivity contribution is 0.159. The minimum Gasteiger partial charge on any atom is -0.386 e. The number of aliphatic hydroxyl groups is 1. The van der Waals surface area contributed by atoms with E-state index in [-0.39, 0.29) is 0 Å². The summed E-state index contributed by atoms with van der Waals surface area (Å²) in [4.78, 5) is 7.84. The van der Waals surface area contributed by atoms with Gasteiger partial charge >= 0.3 is 0 Å². The van der Waals surface area contributed by atoms with Gasteiger partial charge in [-0.3, -0.25) is 4.99 Å². The van der Waals surface area contributed by atoms with Gasteiger partial charge in [0.25, 0.3) is 0 Å². The number of hydrogen-bond donors (Lipinski definition) is 3. The van der Waals surface area contributed by atoms with E-state index < -0.39 is 6.10 Å². The molecule has 5 nitrogen and oxygen atoms in total. The molecule has 1 aromatic carbocycles. The second-order valence-electron chi connectivity index (χ2n) is 7.32. The largest absolute Gasteiger partial charge is 0.386 e. The highest BCUT2D eigenvalue weighted by molar-refractivity contribution is 7.19. The Kier molecular flexibility index (Phi) is 7.50. The first-order valence-electron chi connectivity index (χ1n) is 10.0. The van der Waals surface area contributed by atoms with Crippen LogP contribution in [-0.4, -0.2) is 55.2 Å². The van der Waals surface area contributed by atoms with Gasteiger partial charge in [-0.05, 0) is 50.2 Å². The number of likely N-dealkylation sites (tertiary alicyclic amines) is 1. The minimum atomic E-state index is -0.532. The van der Waals surface area contributed by atoms with Crippen molar-refractivity contribution < 1.29 is 5.11 Å². The summed E-state index contributed by atoms with van der Waals surface area (Å²) in [6.45, 7) is 6.05. The highest BCUT2D eigenvalue weighted by Gasteiger charge is 2.17. The molecule has 0 amide bonds. The van der Waals surface area contributed by atoms with Gasteiger partial charge in [-0.15, -0.1) is 11.3 Å². The molecule has 6 heteroatoms. The van der Waals surface area contributed by atoms with Crippen LogP contribution < -0.4 is 10.6 Å². The molecule has 0 bridgehead atoms. The summed E-state index contributed by atoms with van der Waals surface area (Å²) in [5.74, 6) is 0.752. The van der Waals surface area contributed by atoms with Gasteiger partial charge in [0, 0.05) is 42.3 Å². The van der Waals surface area contributed by atoms with Gasteiger partial charge in [0.2, 0.25) is 0 Å². The van der Waals surface area contributed by atoms with Crippen molar-refractivity contribution in [3.8, 4) is 0 Å². The lowest BCUT2D eigenvalue weighted by atomic mass is 10.0. The molecule has 2 aromatic rings. The van der Waals surface area contributed by atoms with Gasteiger partial charge < -0.3 is 20.6 Å². The molecule has 2 heterocycles. The number of rotatable bonds is 7. The van der Waals surface area contributed by atoms with Crippen LogP contribution in [0.2, 0.25) is 0 Å². The SMILES string of the molecule is CN=C(NCCCN1CCCCC1C)NCC(O)c1cc2ccccc2s1. The maximum absolute atomic E-state index is 10.5.